The molecule has 0 radical (unpaired) electrons. The molecular formula is C28H22N6O3. The number of aromatic nitrogens is 3. The summed E-state index contributed by atoms with van der Waals surface area (Å²) in [6.45, 7) is 0.983. The largest absolute Gasteiger partial charge is 0.497 e. The molecule has 182 valence electrons. The average molecular weight is 491 g/mol. The molecule has 9 heteroatoms. The number of nitrogens with zero attached hydrogens (tertiary/aromatic N) is 6. The zero-order valence-electron chi connectivity index (χ0n) is 20.3. The summed E-state index contributed by atoms with van der Waals surface area (Å²) < 4.78 is 12.9. The third kappa shape index (κ3) is 4.71. The van der Waals surface area contributed by atoms with Crippen LogP contribution >= 0.6 is 0 Å². The highest BCUT2D eigenvalue weighted by atomic mass is 16.5. The van der Waals surface area contributed by atoms with Gasteiger partial charge in [-0.1, -0.05) is 6.07 Å². The van der Waals surface area contributed by atoms with Gasteiger partial charge in [0.2, 0.25) is 0 Å². The topological polar surface area (TPSA) is 117 Å². The lowest BCUT2D eigenvalue weighted by Gasteiger charge is -2.25. The maximum atomic E-state index is 12.9. The van der Waals surface area contributed by atoms with Gasteiger partial charge in [-0.25, -0.2) is 4.79 Å². The normalized spacial score (nSPS) is 11.5. The van der Waals surface area contributed by atoms with Crippen molar-refractivity contribution >= 4 is 5.82 Å². The molecule has 0 bridgehead atoms. The molecule has 37 heavy (non-hydrogen) atoms. The summed E-state index contributed by atoms with van der Waals surface area (Å²) in [4.78, 5) is 23.0. The van der Waals surface area contributed by atoms with Gasteiger partial charge in [0, 0.05) is 44.0 Å². The minimum Gasteiger partial charge on any atom is -0.497 e. The van der Waals surface area contributed by atoms with E-state index in [9.17, 15) is 10.1 Å². The predicted octanol–water partition coefficient (Wildman–Crippen LogP) is 4.04. The van der Waals surface area contributed by atoms with E-state index in [0.717, 1.165) is 34.6 Å². The molecule has 0 N–H and O–H groups in total. The van der Waals surface area contributed by atoms with Gasteiger partial charge in [-0.05, 0) is 47.9 Å². The van der Waals surface area contributed by atoms with Crippen molar-refractivity contribution in [3.8, 4) is 40.6 Å². The molecule has 9 nitrogen and oxygen atoms in total. The Bertz CT molecular complexity index is 1650. The van der Waals surface area contributed by atoms with Gasteiger partial charge in [-0.3, -0.25) is 9.55 Å². The number of aryl methyl sites for hydroxylation is 1. The Hall–Kier alpha value is -5.15. The number of rotatable bonds is 6. The second kappa shape index (κ2) is 9.84. The van der Waals surface area contributed by atoms with Crippen LogP contribution in [0.4, 0.5) is 5.82 Å². The van der Waals surface area contributed by atoms with Crippen molar-refractivity contribution in [2.75, 3.05) is 19.1 Å². The highest BCUT2D eigenvalue weighted by Crippen LogP contribution is 2.33. The molecule has 0 amide bonds. The summed E-state index contributed by atoms with van der Waals surface area (Å²) in [6.07, 6.45) is 3.66. The molecule has 0 aliphatic carbocycles. The standard InChI is InChI=1S/C28H22N6O3/c1-33(17-18-3-6-26(21(9-18)14-30)37-23-10-19(13-29)15-31-16-23)27-12-25-24-5-4-22(36-2)11-20(24)7-8-34(25)28(35)32-27/h3-6,9-12,15-16H,7-8,17H2,1-2H3. The van der Waals surface area contributed by atoms with Gasteiger partial charge in [0.1, 0.15) is 35.2 Å². The van der Waals surface area contributed by atoms with Crippen molar-refractivity contribution in [1.29, 1.82) is 10.5 Å². The van der Waals surface area contributed by atoms with Gasteiger partial charge in [0.15, 0.2) is 0 Å². The quantitative estimate of drug-likeness (QED) is 0.397. The Kier molecular flexibility index (Phi) is 6.27. The molecule has 1 aliphatic rings. The number of fused-ring (bicyclic) bond motifs is 3. The first-order valence-electron chi connectivity index (χ1n) is 11.6. The van der Waals surface area contributed by atoms with E-state index in [0.29, 0.717) is 41.5 Å². The van der Waals surface area contributed by atoms with Crippen LogP contribution in [-0.2, 0) is 19.5 Å². The lowest BCUT2D eigenvalue weighted by atomic mass is 9.97. The molecule has 0 saturated carbocycles. The maximum Gasteiger partial charge on any atom is 0.350 e. The van der Waals surface area contributed by atoms with E-state index in [-0.39, 0.29) is 5.69 Å². The van der Waals surface area contributed by atoms with E-state index in [1.54, 1.807) is 29.9 Å². The van der Waals surface area contributed by atoms with Gasteiger partial charge in [0.05, 0.1) is 30.1 Å². The van der Waals surface area contributed by atoms with Gasteiger partial charge in [0.25, 0.3) is 0 Å². The second-order valence-electron chi connectivity index (χ2n) is 8.63. The third-order valence-corrected chi connectivity index (χ3v) is 6.24. The fourth-order valence-electron chi connectivity index (χ4n) is 4.38. The summed E-state index contributed by atoms with van der Waals surface area (Å²) in [5.74, 6) is 2.06. The van der Waals surface area contributed by atoms with Crippen molar-refractivity contribution in [3.63, 3.8) is 0 Å². The molecular weight excluding hydrogens is 468 g/mol. The van der Waals surface area contributed by atoms with Crippen molar-refractivity contribution in [2.24, 2.45) is 0 Å². The Labute approximate surface area is 213 Å². The van der Waals surface area contributed by atoms with Crippen LogP contribution in [0.5, 0.6) is 17.2 Å². The second-order valence-corrected chi connectivity index (χ2v) is 8.63. The SMILES string of the molecule is COc1ccc2c(c1)CCn1c-2cc(N(C)Cc2ccc(Oc3cncc(C#N)c3)c(C#N)c2)nc1=O. The Morgan fingerprint density at radius 2 is 1.92 bits per heavy atom. The van der Waals surface area contributed by atoms with Gasteiger partial charge >= 0.3 is 5.69 Å². The number of hydrogen-bond acceptors (Lipinski definition) is 8. The van der Waals surface area contributed by atoms with E-state index < -0.39 is 0 Å². The summed E-state index contributed by atoms with van der Waals surface area (Å²) in [5, 5.41) is 18.8. The van der Waals surface area contributed by atoms with Crippen molar-refractivity contribution < 1.29 is 9.47 Å². The first-order chi connectivity index (χ1) is 18.0. The Balaban J connectivity index is 1.40. The summed E-state index contributed by atoms with van der Waals surface area (Å²) >= 11 is 0. The van der Waals surface area contributed by atoms with E-state index in [1.807, 2.05) is 48.3 Å². The van der Waals surface area contributed by atoms with E-state index in [4.69, 9.17) is 14.7 Å². The average Bonchev–Trinajstić information content (AvgIpc) is 2.93. The minimum absolute atomic E-state index is 0.296. The molecule has 0 atom stereocenters. The van der Waals surface area contributed by atoms with Gasteiger partial charge < -0.3 is 14.4 Å². The first-order valence-corrected chi connectivity index (χ1v) is 11.6. The highest BCUT2D eigenvalue weighted by Gasteiger charge is 2.20. The summed E-state index contributed by atoms with van der Waals surface area (Å²) in [6, 6.07) is 18.8. The van der Waals surface area contributed by atoms with E-state index >= 15 is 0 Å². The van der Waals surface area contributed by atoms with Crippen LogP contribution < -0.4 is 20.1 Å². The Morgan fingerprint density at radius 3 is 2.70 bits per heavy atom. The number of pyridine rings is 1. The van der Waals surface area contributed by atoms with Crippen LogP contribution in [0.25, 0.3) is 11.3 Å². The fraction of sp³-hybridized carbons (Fsp3) is 0.179. The van der Waals surface area contributed by atoms with E-state index in [2.05, 4.69) is 16.0 Å². The molecule has 2 aromatic heterocycles. The fourth-order valence-corrected chi connectivity index (χ4v) is 4.38. The molecule has 0 saturated heterocycles. The zero-order valence-corrected chi connectivity index (χ0v) is 20.3. The van der Waals surface area contributed by atoms with Crippen LogP contribution in [0, 0.1) is 22.7 Å². The van der Waals surface area contributed by atoms with Crippen LogP contribution in [0.2, 0.25) is 0 Å². The van der Waals surface area contributed by atoms with Crippen molar-refractivity contribution in [2.45, 2.75) is 19.5 Å². The summed E-state index contributed by atoms with van der Waals surface area (Å²) in [5.41, 5.74) is 4.20. The molecule has 4 aromatic rings. The Morgan fingerprint density at radius 1 is 1.05 bits per heavy atom. The molecule has 1 aliphatic heterocycles. The first kappa shape index (κ1) is 23.6. The highest BCUT2D eigenvalue weighted by molar-refractivity contribution is 5.69. The number of methoxy groups -OCH3 is 1. The summed E-state index contributed by atoms with van der Waals surface area (Å²) in [7, 11) is 3.49. The van der Waals surface area contributed by atoms with Crippen molar-refractivity contribution in [3.05, 3.63) is 93.7 Å². The van der Waals surface area contributed by atoms with Crippen molar-refractivity contribution in [1.82, 2.24) is 14.5 Å². The van der Waals surface area contributed by atoms with E-state index in [1.165, 1.54) is 12.4 Å². The smallest absolute Gasteiger partial charge is 0.350 e. The monoisotopic (exact) mass is 490 g/mol. The minimum atomic E-state index is -0.296. The maximum absolute atomic E-state index is 12.9. The molecule has 5 rings (SSSR count). The third-order valence-electron chi connectivity index (χ3n) is 6.24. The number of ether oxygens (including phenoxy) is 2. The molecule has 0 unspecified atom stereocenters. The lowest BCUT2D eigenvalue weighted by Crippen LogP contribution is -2.31. The molecule has 0 fully saturated rings. The molecule has 3 heterocycles. The number of hydrogen-bond donors (Lipinski definition) is 0. The lowest BCUT2D eigenvalue weighted by molar-refractivity contribution is 0.414. The number of anilines is 1. The van der Waals surface area contributed by atoms with Gasteiger partial charge in [-0.2, -0.15) is 15.5 Å². The van der Waals surface area contributed by atoms with Crippen LogP contribution in [0.1, 0.15) is 22.3 Å². The number of benzene rings is 2. The predicted molar refractivity (Wildman–Crippen MR) is 136 cm³/mol. The van der Waals surface area contributed by atoms with Crippen LogP contribution in [-0.4, -0.2) is 28.7 Å². The number of nitriles is 2. The molecule has 0 spiro atoms. The van der Waals surface area contributed by atoms with Crippen LogP contribution in [0.3, 0.4) is 0 Å². The zero-order chi connectivity index (χ0) is 25.9. The molecule has 2 aromatic carbocycles. The van der Waals surface area contributed by atoms with Crippen LogP contribution in [0.15, 0.2) is 65.7 Å². The van der Waals surface area contributed by atoms with Gasteiger partial charge in [-0.15, -0.1) is 0 Å².